The summed E-state index contributed by atoms with van der Waals surface area (Å²) in [6.07, 6.45) is 2.32. The van der Waals surface area contributed by atoms with Crippen molar-refractivity contribution in [2.24, 2.45) is 0 Å². The van der Waals surface area contributed by atoms with Gasteiger partial charge >= 0.3 is 0 Å². The van der Waals surface area contributed by atoms with Gasteiger partial charge in [-0.1, -0.05) is 133 Å². The fraction of sp³-hybridized carbons (Fsp3) is 0.0213. The molecule has 0 bridgehead atoms. The standard InChI is InChI=1S/C47H32N2S/c1-2-8-31(9-3-1)32-18-22-37(23-19-32)49(39-26-27-41-36(30-39)17-16-35-15-14-33-10-4-5-11-40(33)45(35)41)38-24-20-34(21-25-38)42-28-29-48-46-43-12-6-7-13-44(43)50-47(42)46/h1-28,30,48H,29H2. The van der Waals surface area contributed by atoms with Crippen LogP contribution < -0.4 is 10.2 Å². The topological polar surface area (TPSA) is 15.3 Å². The van der Waals surface area contributed by atoms with Crippen LogP contribution in [0.15, 0.2) is 176 Å². The number of hydrogen-bond acceptors (Lipinski definition) is 3. The highest BCUT2D eigenvalue weighted by Gasteiger charge is 2.21. The van der Waals surface area contributed by atoms with Gasteiger partial charge < -0.3 is 10.2 Å². The zero-order valence-electron chi connectivity index (χ0n) is 27.3. The molecule has 0 spiro atoms. The van der Waals surface area contributed by atoms with Gasteiger partial charge in [-0.2, -0.15) is 0 Å². The lowest BCUT2D eigenvalue weighted by Crippen LogP contribution is -2.10. The zero-order valence-corrected chi connectivity index (χ0v) is 28.1. The van der Waals surface area contributed by atoms with E-state index >= 15 is 0 Å². The monoisotopic (exact) mass is 656 g/mol. The first-order valence-electron chi connectivity index (χ1n) is 17.1. The number of nitrogens with zero attached hydrogens (tertiary/aromatic N) is 1. The van der Waals surface area contributed by atoms with Crippen LogP contribution in [0.25, 0.3) is 59.1 Å². The predicted molar refractivity (Wildman–Crippen MR) is 216 cm³/mol. The Labute approximate surface area is 295 Å². The van der Waals surface area contributed by atoms with Crippen LogP contribution in [0, 0.1) is 0 Å². The summed E-state index contributed by atoms with van der Waals surface area (Å²) in [6, 6.07) is 62.0. The Balaban J connectivity index is 1.09. The number of fused-ring (bicyclic) bond motifs is 8. The third-order valence-electron chi connectivity index (χ3n) is 10.1. The lowest BCUT2D eigenvalue weighted by Gasteiger charge is -2.27. The van der Waals surface area contributed by atoms with Crippen molar-refractivity contribution >= 4 is 82.1 Å². The van der Waals surface area contributed by atoms with E-state index < -0.39 is 0 Å². The third-order valence-corrected chi connectivity index (χ3v) is 11.3. The van der Waals surface area contributed by atoms with Crippen molar-refractivity contribution in [2.45, 2.75) is 0 Å². The highest BCUT2D eigenvalue weighted by atomic mass is 32.1. The Morgan fingerprint density at radius 2 is 1.06 bits per heavy atom. The Bertz CT molecular complexity index is 2740. The molecule has 1 aliphatic heterocycles. The molecule has 0 saturated carbocycles. The molecule has 0 unspecified atom stereocenters. The molecular weight excluding hydrogens is 625 g/mol. The van der Waals surface area contributed by atoms with E-state index in [1.54, 1.807) is 0 Å². The lowest BCUT2D eigenvalue weighted by atomic mass is 9.96. The van der Waals surface area contributed by atoms with Crippen molar-refractivity contribution in [1.29, 1.82) is 0 Å². The van der Waals surface area contributed by atoms with Crippen molar-refractivity contribution in [1.82, 2.24) is 0 Å². The first kappa shape index (κ1) is 28.8. The lowest BCUT2D eigenvalue weighted by molar-refractivity contribution is 1.28. The number of benzene rings is 8. The van der Waals surface area contributed by atoms with Crippen LogP contribution in [0.4, 0.5) is 22.7 Å². The maximum atomic E-state index is 3.64. The van der Waals surface area contributed by atoms with E-state index in [2.05, 4.69) is 186 Å². The fourth-order valence-electron chi connectivity index (χ4n) is 7.64. The molecule has 2 heterocycles. The summed E-state index contributed by atoms with van der Waals surface area (Å²) in [6.45, 7) is 0.825. The average Bonchev–Trinajstić information content (AvgIpc) is 3.58. The SMILES string of the molecule is C1=C(c2ccc(N(c3ccc(-c4ccccc4)cc3)c3ccc4c(ccc5ccc6ccccc6c54)c3)cc2)c2sc3ccccc3c2NC1. The molecule has 1 N–H and O–H groups in total. The molecule has 0 fully saturated rings. The van der Waals surface area contributed by atoms with Gasteiger partial charge in [-0.25, -0.2) is 0 Å². The highest BCUT2D eigenvalue weighted by molar-refractivity contribution is 7.21. The molecule has 9 aromatic rings. The molecule has 236 valence electrons. The summed E-state index contributed by atoms with van der Waals surface area (Å²) in [5.41, 5.74) is 9.59. The number of anilines is 4. The molecule has 0 amide bonds. The van der Waals surface area contributed by atoms with Gasteiger partial charge in [0.05, 0.1) is 10.6 Å². The van der Waals surface area contributed by atoms with E-state index in [-0.39, 0.29) is 0 Å². The second kappa shape index (κ2) is 11.8. The van der Waals surface area contributed by atoms with Gasteiger partial charge in [-0.3, -0.25) is 0 Å². The van der Waals surface area contributed by atoms with E-state index in [4.69, 9.17) is 0 Å². The highest BCUT2D eigenvalue weighted by Crippen LogP contribution is 2.45. The van der Waals surface area contributed by atoms with Crippen LogP contribution in [0.2, 0.25) is 0 Å². The summed E-state index contributed by atoms with van der Waals surface area (Å²) < 4.78 is 1.32. The van der Waals surface area contributed by atoms with Crippen molar-refractivity contribution in [3.05, 3.63) is 186 Å². The minimum Gasteiger partial charge on any atom is -0.380 e. The second-order valence-electron chi connectivity index (χ2n) is 13.0. The summed E-state index contributed by atoms with van der Waals surface area (Å²) in [5.74, 6) is 0. The quantitative estimate of drug-likeness (QED) is 0.186. The molecule has 1 aliphatic rings. The van der Waals surface area contributed by atoms with Crippen molar-refractivity contribution in [3.63, 3.8) is 0 Å². The van der Waals surface area contributed by atoms with Crippen LogP contribution >= 0.6 is 11.3 Å². The molecule has 8 aromatic carbocycles. The summed E-state index contributed by atoms with van der Waals surface area (Å²) in [4.78, 5) is 3.69. The van der Waals surface area contributed by atoms with Crippen LogP contribution in [-0.4, -0.2) is 6.54 Å². The van der Waals surface area contributed by atoms with E-state index in [1.165, 1.54) is 75.2 Å². The predicted octanol–water partition coefficient (Wildman–Crippen LogP) is 13.4. The van der Waals surface area contributed by atoms with Gasteiger partial charge in [-0.05, 0) is 97.0 Å². The van der Waals surface area contributed by atoms with Gasteiger partial charge in [0.25, 0.3) is 0 Å². The second-order valence-corrected chi connectivity index (χ2v) is 14.0. The fourth-order valence-corrected chi connectivity index (χ4v) is 8.88. The molecule has 10 rings (SSSR count). The molecule has 0 saturated heterocycles. The van der Waals surface area contributed by atoms with Crippen LogP contribution in [-0.2, 0) is 0 Å². The van der Waals surface area contributed by atoms with Gasteiger partial charge in [0.15, 0.2) is 0 Å². The van der Waals surface area contributed by atoms with Crippen molar-refractivity contribution < 1.29 is 0 Å². The zero-order chi connectivity index (χ0) is 33.0. The molecule has 0 atom stereocenters. The molecule has 0 radical (unpaired) electrons. The summed E-state index contributed by atoms with van der Waals surface area (Å²) >= 11 is 1.87. The van der Waals surface area contributed by atoms with E-state index in [9.17, 15) is 0 Å². The molecule has 2 nitrogen and oxygen atoms in total. The summed E-state index contributed by atoms with van der Waals surface area (Å²) in [5, 5.41) is 12.6. The number of hydrogen-bond donors (Lipinski definition) is 1. The van der Waals surface area contributed by atoms with Crippen molar-refractivity contribution in [2.75, 3.05) is 16.8 Å². The van der Waals surface area contributed by atoms with Gasteiger partial charge in [-0.15, -0.1) is 11.3 Å². The van der Waals surface area contributed by atoms with Crippen LogP contribution in [0.1, 0.15) is 10.4 Å². The number of rotatable bonds is 5. The molecule has 50 heavy (non-hydrogen) atoms. The Morgan fingerprint density at radius 3 is 1.86 bits per heavy atom. The minimum atomic E-state index is 0.825. The van der Waals surface area contributed by atoms with Crippen LogP contribution in [0.3, 0.4) is 0 Å². The van der Waals surface area contributed by atoms with Gasteiger partial charge in [0, 0.05) is 33.7 Å². The minimum absolute atomic E-state index is 0.825. The molecule has 3 heteroatoms. The molecule has 0 aliphatic carbocycles. The molecule has 1 aromatic heterocycles. The smallest absolute Gasteiger partial charge is 0.0612 e. The normalized spacial score (nSPS) is 12.6. The Kier molecular flexibility index (Phi) is 6.78. The Morgan fingerprint density at radius 1 is 0.460 bits per heavy atom. The van der Waals surface area contributed by atoms with Gasteiger partial charge in [0.1, 0.15) is 0 Å². The molecular formula is C47H32N2S. The first-order valence-corrected chi connectivity index (χ1v) is 18.0. The Hall–Kier alpha value is -6.16. The largest absolute Gasteiger partial charge is 0.380 e. The number of nitrogens with one attached hydrogen (secondary N) is 1. The number of thiophene rings is 1. The third kappa shape index (κ3) is 4.78. The first-order chi connectivity index (χ1) is 24.8. The van der Waals surface area contributed by atoms with E-state index in [0.29, 0.717) is 0 Å². The maximum Gasteiger partial charge on any atom is 0.0612 e. The van der Waals surface area contributed by atoms with Crippen molar-refractivity contribution in [3.8, 4) is 11.1 Å². The van der Waals surface area contributed by atoms with E-state index in [0.717, 1.165) is 23.6 Å². The summed E-state index contributed by atoms with van der Waals surface area (Å²) in [7, 11) is 0. The van der Waals surface area contributed by atoms with E-state index in [1.807, 2.05) is 11.3 Å². The maximum absolute atomic E-state index is 3.64. The van der Waals surface area contributed by atoms with Crippen LogP contribution in [0.5, 0.6) is 0 Å². The average molecular weight is 657 g/mol. The van der Waals surface area contributed by atoms with Gasteiger partial charge in [0.2, 0.25) is 0 Å².